The molecule has 0 aliphatic heterocycles. The minimum atomic E-state index is -1.09. The van der Waals surface area contributed by atoms with Crippen molar-refractivity contribution in [3.8, 4) is 6.07 Å². The van der Waals surface area contributed by atoms with Gasteiger partial charge in [0.15, 0.2) is 0 Å². The summed E-state index contributed by atoms with van der Waals surface area (Å²) in [6.45, 7) is 1.57. The number of hydrogen-bond donors (Lipinski definition) is 1. The first-order valence-corrected chi connectivity index (χ1v) is 3.54. The molecule has 0 saturated heterocycles. The monoisotopic (exact) mass is 168 g/mol. The Morgan fingerprint density at radius 2 is 2.45 bits per heavy atom. The van der Waals surface area contributed by atoms with E-state index in [0.717, 1.165) is 11.5 Å². The normalized spacial score (nSPS) is 9.09. The second-order valence-corrected chi connectivity index (χ2v) is 2.66. The van der Waals surface area contributed by atoms with Crippen molar-refractivity contribution in [3.63, 3.8) is 0 Å². The average Bonchev–Trinajstić information content (AvgIpc) is 2.30. The predicted octanol–water partition coefficient (Wildman–Crippen LogP) is 1.02. The van der Waals surface area contributed by atoms with Crippen LogP contribution in [0.1, 0.15) is 20.9 Å². The summed E-state index contributed by atoms with van der Waals surface area (Å²) in [5.74, 6) is -1.09. The van der Waals surface area contributed by atoms with Gasteiger partial charge in [-0.3, -0.25) is 0 Å². The van der Waals surface area contributed by atoms with Gasteiger partial charge in [0, 0.05) is 0 Å². The van der Waals surface area contributed by atoms with Gasteiger partial charge >= 0.3 is 5.97 Å². The van der Waals surface area contributed by atoms with Gasteiger partial charge in [0.1, 0.15) is 16.5 Å². The minimum Gasteiger partial charge on any atom is -0.478 e. The lowest BCUT2D eigenvalue weighted by molar-refractivity contribution is 0.0696. The van der Waals surface area contributed by atoms with Crippen LogP contribution in [0.15, 0.2) is 0 Å². The van der Waals surface area contributed by atoms with Crippen molar-refractivity contribution in [1.82, 2.24) is 4.37 Å². The summed E-state index contributed by atoms with van der Waals surface area (Å²) in [5.41, 5.74) is 0.427. The van der Waals surface area contributed by atoms with Crippen LogP contribution in [0.25, 0.3) is 0 Å². The van der Waals surface area contributed by atoms with E-state index < -0.39 is 5.97 Å². The highest BCUT2D eigenvalue weighted by molar-refractivity contribution is 7.06. The van der Waals surface area contributed by atoms with E-state index in [0.29, 0.717) is 5.69 Å². The molecule has 0 saturated carbocycles. The summed E-state index contributed by atoms with van der Waals surface area (Å²) in [6.07, 6.45) is 0. The number of aromatic carboxylic acids is 1. The first-order valence-electron chi connectivity index (χ1n) is 2.76. The lowest BCUT2D eigenvalue weighted by Gasteiger charge is -1.87. The van der Waals surface area contributed by atoms with Crippen LogP contribution in [0.2, 0.25) is 0 Å². The highest BCUT2D eigenvalue weighted by Gasteiger charge is 2.16. The summed E-state index contributed by atoms with van der Waals surface area (Å²) in [6, 6.07) is 1.77. The smallest absolute Gasteiger partial charge is 0.339 e. The number of aromatic nitrogens is 1. The second kappa shape index (κ2) is 2.68. The highest BCUT2D eigenvalue weighted by Crippen LogP contribution is 2.16. The maximum Gasteiger partial charge on any atom is 0.339 e. The predicted molar refractivity (Wildman–Crippen MR) is 38.5 cm³/mol. The molecule has 56 valence electrons. The van der Waals surface area contributed by atoms with Crippen LogP contribution in [0.3, 0.4) is 0 Å². The molecule has 0 fully saturated rings. The first kappa shape index (κ1) is 7.69. The Bertz CT molecular complexity index is 337. The Kier molecular flexibility index (Phi) is 1.87. The van der Waals surface area contributed by atoms with Crippen LogP contribution in [0, 0.1) is 18.3 Å². The number of carbonyl (C=O) groups is 1. The molecule has 11 heavy (non-hydrogen) atoms. The van der Waals surface area contributed by atoms with Gasteiger partial charge in [-0.25, -0.2) is 4.79 Å². The third-order valence-electron chi connectivity index (χ3n) is 1.18. The topological polar surface area (TPSA) is 74.0 Å². The molecule has 0 aliphatic rings. The van der Waals surface area contributed by atoms with Crippen LogP contribution >= 0.6 is 11.5 Å². The molecule has 0 aromatic carbocycles. The SMILES string of the molecule is Cc1nsc(C#N)c1C(=O)O. The lowest BCUT2D eigenvalue weighted by Crippen LogP contribution is -1.98. The molecule has 1 N–H and O–H groups in total. The molecule has 0 atom stereocenters. The van der Waals surface area contributed by atoms with Crippen LogP contribution in [-0.4, -0.2) is 15.4 Å². The van der Waals surface area contributed by atoms with Crippen LogP contribution in [0.5, 0.6) is 0 Å². The van der Waals surface area contributed by atoms with Gasteiger partial charge in [-0.15, -0.1) is 0 Å². The molecule has 0 bridgehead atoms. The molecule has 1 rings (SSSR count). The van der Waals surface area contributed by atoms with Gasteiger partial charge in [-0.05, 0) is 18.5 Å². The molecule has 0 unspecified atom stereocenters. The van der Waals surface area contributed by atoms with E-state index in [4.69, 9.17) is 10.4 Å². The maximum absolute atomic E-state index is 10.5. The van der Waals surface area contributed by atoms with E-state index in [-0.39, 0.29) is 10.4 Å². The zero-order valence-electron chi connectivity index (χ0n) is 5.66. The van der Waals surface area contributed by atoms with Gasteiger partial charge in [0.05, 0.1) is 5.69 Å². The number of nitrogens with zero attached hydrogens (tertiary/aromatic N) is 2. The van der Waals surface area contributed by atoms with Crippen LogP contribution < -0.4 is 0 Å². The van der Waals surface area contributed by atoms with Gasteiger partial charge in [-0.2, -0.15) is 9.64 Å². The Morgan fingerprint density at radius 3 is 2.82 bits per heavy atom. The summed E-state index contributed by atoms with van der Waals surface area (Å²) < 4.78 is 3.75. The highest BCUT2D eigenvalue weighted by atomic mass is 32.1. The van der Waals surface area contributed by atoms with Gasteiger partial charge in [0.25, 0.3) is 0 Å². The Labute approximate surface area is 66.9 Å². The lowest BCUT2D eigenvalue weighted by atomic mass is 10.2. The second-order valence-electron chi connectivity index (χ2n) is 1.89. The largest absolute Gasteiger partial charge is 0.478 e. The van der Waals surface area contributed by atoms with Gasteiger partial charge in [-0.1, -0.05) is 0 Å². The fourth-order valence-electron chi connectivity index (χ4n) is 0.698. The van der Waals surface area contributed by atoms with Crippen molar-refractivity contribution in [2.75, 3.05) is 0 Å². The van der Waals surface area contributed by atoms with Gasteiger partial charge in [0.2, 0.25) is 0 Å². The van der Waals surface area contributed by atoms with Crippen molar-refractivity contribution in [2.45, 2.75) is 6.92 Å². The summed E-state index contributed by atoms with van der Waals surface area (Å²) in [5, 5.41) is 17.0. The number of aryl methyl sites for hydroxylation is 1. The van der Waals surface area contributed by atoms with Crippen LogP contribution in [0.4, 0.5) is 0 Å². The molecule has 4 nitrogen and oxygen atoms in total. The molecule has 1 aromatic heterocycles. The standard InChI is InChI=1S/C6H4N2O2S/c1-3-5(6(9)10)4(2-7)11-8-3/h1H3,(H,9,10). The summed E-state index contributed by atoms with van der Waals surface area (Å²) in [7, 11) is 0. The summed E-state index contributed by atoms with van der Waals surface area (Å²) >= 11 is 0.913. The molecule has 0 spiro atoms. The molecule has 0 amide bonds. The fraction of sp³-hybridized carbons (Fsp3) is 0.167. The minimum absolute atomic E-state index is 0.0255. The van der Waals surface area contributed by atoms with Crippen molar-refractivity contribution in [2.24, 2.45) is 0 Å². The molecule has 1 heterocycles. The van der Waals surface area contributed by atoms with Crippen molar-refractivity contribution < 1.29 is 9.90 Å². The average molecular weight is 168 g/mol. The number of carboxylic acid groups (broad SMARTS) is 1. The van der Waals surface area contributed by atoms with Gasteiger partial charge < -0.3 is 5.11 Å². The van der Waals surface area contributed by atoms with Crippen molar-refractivity contribution in [1.29, 1.82) is 5.26 Å². The summed E-state index contributed by atoms with van der Waals surface area (Å²) in [4.78, 5) is 10.6. The molecule has 5 heteroatoms. The Balaban J connectivity index is 3.32. The van der Waals surface area contributed by atoms with E-state index in [1.165, 1.54) is 0 Å². The zero-order valence-corrected chi connectivity index (χ0v) is 6.47. The van der Waals surface area contributed by atoms with E-state index in [1.807, 2.05) is 0 Å². The Morgan fingerprint density at radius 1 is 1.82 bits per heavy atom. The number of nitriles is 1. The number of carboxylic acids is 1. The van der Waals surface area contributed by atoms with E-state index in [2.05, 4.69) is 4.37 Å². The molecule has 0 radical (unpaired) electrons. The molecular formula is C6H4N2O2S. The number of hydrogen-bond acceptors (Lipinski definition) is 4. The molecule has 0 aliphatic carbocycles. The maximum atomic E-state index is 10.5. The van der Waals surface area contributed by atoms with Crippen LogP contribution in [-0.2, 0) is 0 Å². The van der Waals surface area contributed by atoms with Crippen molar-refractivity contribution in [3.05, 3.63) is 16.1 Å². The zero-order chi connectivity index (χ0) is 8.43. The fourth-order valence-corrected chi connectivity index (χ4v) is 1.38. The Hall–Kier alpha value is -1.41. The van der Waals surface area contributed by atoms with E-state index in [9.17, 15) is 4.79 Å². The molecular weight excluding hydrogens is 164 g/mol. The number of rotatable bonds is 1. The van der Waals surface area contributed by atoms with E-state index >= 15 is 0 Å². The first-order chi connectivity index (χ1) is 5.16. The quantitative estimate of drug-likeness (QED) is 0.679. The van der Waals surface area contributed by atoms with E-state index in [1.54, 1.807) is 13.0 Å². The third kappa shape index (κ3) is 1.21. The third-order valence-corrected chi connectivity index (χ3v) is 2.02. The molecule has 1 aromatic rings. The van der Waals surface area contributed by atoms with Crippen molar-refractivity contribution >= 4 is 17.5 Å².